The van der Waals surface area contributed by atoms with E-state index >= 15 is 0 Å². The van der Waals surface area contributed by atoms with Crippen molar-refractivity contribution in [3.63, 3.8) is 0 Å². The third kappa shape index (κ3) is 5.22. The first kappa shape index (κ1) is 21.7. The zero-order valence-corrected chi connectivity index (χ0v) is 17.8. The molecule has 1 N–H and O–H groups in total. The number of nitrogens with one attached hydrogen (secondary N) is 1. The summed E-state index contributed by atoms with van der Waals surface area (Å²) >= 11 is 0. The average molecular weight is 382 g/mol. The van der Waals surface area contributed by atoms with Crippen LogP contribution in [0.2, 0.25) is 0 Å². The van der Waals surface area contributed by atoms with Gasteiger partial charge in [0, 0.05) is 5.69 Å². The maximum Gasteiger partial charge on any atom is 0.338 e. The Kier molecular flexibility index (Phi) is 7.00. The Bertz CT molecular complexity index is 810. The van der Waals surface area contributed by atoms with Crippen molar-refractivity contribution in [1.82, 2.24) is 0 Å². The highest BCUT2D eigenvalue weighted by atomic mass is 16.5. The van der Waals surface area contributed by atoms with Crippen molar-refractivity contribution in [3.8, 4) is 0 Å². The van der Waals surface area contributed by atoms with E-state index in [2.05, 4.69) is 39.9 Å². The van der Waals surface area contributed by atoms with Crippen LogP contribution in [0.3, 0.4) is 0 Å². The van der Waals surface area contributed by atoms with Crippen LogP contribution in [0.1, 0.15) is 68.6 Å². The lowest BCUT2D eigenvalue weighted by Gasteiger charge is -2.19. The molecule has 0 spiro atoms. The molecule has 0 fully saturated rings. The van der Waals surface area contributed by atoms with E-state index in [0.29, 0.717) is 5.56 Å². The molecular weight excluding hydrogens is 350 g/mol. The quantitative estimate of drug-likeness (QED) is 0.692. The first-order valence-corrected chi connectivity index (χ1v) is 9.90. The molecule has 0 radical (unpaired) electrons. The van der Waals surface area contributed by atoms with Crippen molar-refractivity contribution in [3.05, 3.63) is 64.7 Å². The molecule has 2 aromatic rings. The van der Waals surface area contributed by atoms with Gasteiger partial charge in [0.1, 0.15) is 0 Å². The Morgan fingerprint density at radius 3 is 1.96 bits per heavy atom. The van der Waals surface area contributed by atoms with Crippen molar-refractivity contribution in [2.24, 2.45) is 0 Å². The van der Waals surface area contributed by atoms with Crippen LogP contribution in [0.4, 0.5) is 5.69 Å². The van der Waals surface area contributed by atoms with Gasteiger partial charge in [0.05, 0.1) is 5.56 Å². The number of carbonyl (C=O) groups is 2. The summed E-state index contributed by atoms with van der Waals surface area (Å²) in [6.45, 7) is 12.0. The fourth-order valence-electron chi connectivity index (χ4n) is 3.02. The summed E-state index contributed by atoms with van der Waals surface area (Å²) in [6.07, 6.45) is 0.750. The summed E-state index contributed by atoms with van der Waals surface area (Å²) in [6, 6.07) is 13.3. The van der Waals surface area contributed by atoms with E-state index in [4.69, 9.17) is 4.74 Å². The number of esters is 1. The predicted molar refractivity (Wildman–Crippen MR) is 114 cm³/mol. The van der Waals surface area contributed by atoms with Crippen LogP contribution in [0.15, 0.2) is 42.5 Å². The van der Waals surface area contributed by atoms with Crippen LogP contribution in [0.5, 0.6) is 0 Å². The van der Waals surface area contributed by atoms with Crippen LogP contribution in [-0.4, -0.2) is 18.0 Å². The SMILES string of the molecule is CCc1cccc(CC)c1NC(=O)[C@@H](C)OC(=O)c1ccc(C(C)(C)C)cc1. The Morgan fingerprint density at radius 2 is 1.50 bits per heavy atom. The van der Waals surface area contributed by atoms with Gasteiger partial charge in [-0.25, -0.2) is 4.79 Å². The normalized spacial score (nSPS) is 12.4. The van der Waals surface area contributed by atoms with Gasteiger partial charge in [-0.15, -0.1) is 0 Å². The third-order valence-corrected chi connectivity index (χ3v) is 4.89. The molecule has 4 heteroatoms. The fourth-order valence-corrected chi connectivity index (χ4v) is 3.02. The van der Waals surface area contributed by atoms with Crippen LogP contribution in [0.25, 0.3) is 0 Å². The Labute approximate surface area is 168 Å². The van der Waals surface area contributed by atoms with Gasteiger partial charge in [-0.05, 0) is 54.0 Å². The van der Waals surface area contributed by atoms with Crippen molar-refractivity contribution in [2.75, 3.05) is 5.32 Å². The lowest BCUT2D eigenvalue weighted by molar-refractivity contribution is -0.123. The number of rotatable bonds is 6. The maximum absolute atomic E-state index is 12.6. The van der Waals surface area contributed by atoms with Crippen molar-refractivity contribution in [1.29, 1.82) is 0 Å². The van der Waals surface area contributed by atoms with E-state index in [0.717, 1.165) is 35.2 Å². The summed E-state index contributed by atoms with van der Waals surface area (Å²) in [5.41, 5.74) is 4.57. The number of benzene rings is 2. The first-order valence-electron chi connectivity index (χ1n) is 9.90. The minimum Gasteiger partial charge on any atom is -0.449 e. The highest BCUT2D eigenvalue weighted by Crippen LogP contribution is 2.24. The maximum atomic E-state index is 12.6. The van der Waals surface area contributed by atoms with Gasteiger partial charge in [-0.1, -0.05) is 65.0 Å². The molecule has 4 nitrogen and oxygen atoms in total. The molecular formula is C24H31NO3. The molecule has 0 saturated heterocycles. The molecule has 2 rings (SSSR count). The molecule has 2 aromatic carbocycles. The summed E-state index contributed by atoms with van der Waals surface area (Å²) in [5, 5.41) is 2.95. The molecule has 1 amide bonds. The Balaban J connectivity index is 2.07. The number of carbonyl (C=O) groups excluding carboxylic acids is 2. The van der Waals surface area contributed by atoms with E-state index < -0.39 is 12.1 Å². The largest absolute Gasteiger partial charge is 0.449 e. The summed E-state index contributed by atoms with van der Waals surface area (Å²) in [4.78, 5) is 25.0. The minimum atomic E-state index is -0.885. The zero-order chi connectivity index (χ0) is 20.9. The Morgan fingerprint density at radius 1 is 0.964 bits per heavy atom. The van der Waals surface area contributed by atoms with Gasteiger partial charge in [-0.3, -0.25) is 4.79 Å². The minimum absolute atomic E-state index is 0.0132. The van der Waals surface area contributed by atoms with Crippen molar-refractivity contribution in [2.45, 2.75) is 65.9 Å². The van der Waals surface area contributed by atoms with Gasteiger partial charge in [-0.2, -0.15) is 0 Å². The summed E-state index contributed by atoms with van der Waals surface area (Å²) in [7, 11) is 0. The molecule has 0 aromatic heterocycles. The average Bonchev–Trinajstić information content (AvgIpc) is 2.67. The molecule has 1 atom stereocenters. The van der Waals surface area contributed by atoms with Crippen molar-refractivity contribution >= 4 is 17.6 Å². The van der Waals surface area contributed by atoms with E-state index in [1.165, 1.54) is 0 Å². The molecule has 0 heterocycles. The van der Waals surface area contributed by atoms with Crippen LogP contribution in [-0.2, 0) is 27.8 Å². The number of hydrogen-bond donors (Lipinski definition) is 1. The molecule has 0 saturated carbocycles. The topological polar surface area (TPSA) is 55.4 Å². The van der Waals surface area contributed by atoms with Gasteiger partial charge in [0.15, 0.2) is 6.10 Å². The number of aryl methyl sites for hydroxylation is 2. The molecule has 0 bridgehead atoms. The molecule has 0 unspecified atom stereocenters. The number of hydrogen-bond acceptors (Lipinski definition) is 3. The van der Waals surface area contributed by atoms with Crippen LogP contribution >= 0.6 is 0 Å². The zero-order valence-electron chi connectivity index (χ0n) is 17.8. The molecule has 0 aliphatic heterocycles. The second-order valence-corrected chi connectivity index (χ2v) is 8.02. The third-order valence-electron chi connectivity index (χ3n) is 4.89. The highest BCUT2D eigenvalue weighted by Gasteiger charge is 2.21. The predicted octanol–water partition coefficient (Wildman–Crippen LogP) is 5.29. The lowest BCUT2D eigenvalue weighted by Crippen LogP contribution is -2.30. The van der Waals surface area contributed by atoms with Gasteiger partial charge < -0.3 is 10.1 Å². The van der Waals surface area contributed by atoms with Crippen LogP contribution < -0.4 is 5.32 Å². The van der Waals surface area contributed by atoms with E-state index in [1.807, 2.05) is 30.3 Å². The number of amides is 1. The standard InChI is InChI=1S/C24H31NO3/c1-7-17-10-9-11-18(8-2)21(17)25-22(26)16(3)28-23(27)19-12-14-20(15-13-19)24(4,5)6/h9-16H,7-8H2,1-6H3,(H,25,26)/t16-/m1/s1. The monoisotopic (exact) mass is 381 g/mol. The Hall–Kier alpha value is -2.62. The fraction of sp³-hybridized carbons (Fsp3) is 0.417. The van der Waals surface area contributed by atoms with E-state index in [-0.39, 0.29) is 11.3 Å². The second kappa shape index (κ2) is 9.05. The van der Waals surface area contributed by atoms with Crippen LogP contribution in [0, 0.1) is 0 Å². The molecule has 0 aliphatic carbocycles. The summed E-state index contributed by atoms with van der Waals surface area (Å²) in [5.74, 6) is -0.821. The molecule has 0 aliphatic rings. The second-order valence-electron chi connectivity index (χ2n) is 8.02. The van der Waals surface area contributed by atoms with E-state index in [1.54, 1.807) is 19.1 Å². The number of ether oxygens (including phenoxy) is 1. The van der Waals surface area contributed by atoms with Gasteiger partial charge in [0.2, 0.25) is 0 Å². The van der Waals surface area contributed by atoms with Gasteiger partial charge in [0.25, 0.3) is 5.91 Å². The smallest absolute Gasteiger partial charge is 0.338 e. The number of anilines is 1. The first-order chi connectivity index (χ1) is 13.2. The highest BCUT2D eigenvalue weighted by molar-refractivity contribution is 5.98. The van der Waals surface area contributed by atoms with E-state index in [9.17, 15) is 9.59 Å². The molecule has 150 valence electrons. The van der Waals surface area contributed by atoms with Crippen molar-refractivity contribution < 1.29 is 14.3 Å². The summed E-state index contributed by atoms with van der Waals surface area (Å²) < 4.78 is 5.39. The van der Waals surface area contributed by atoms with Gasteiger partial charge >= 0.3 is 5.97 Å². The lowest BCUT2D eigenvalue weighted by atomic mass is 9.87. The number of para-hydroxylation sites is 1. The molecule has 28 heavy (non-hydrogen) atoms.